The highest BCUT2D eigenvalue weighted by molar-refractivity contribution is 9.10. The second kappa shape index (κ2) is 11.4. The molecule has 0 bridgehead atoms. The fourth-order valence-electron chi connectivity index (χ4n) is 4.64. The smallest absolute Gasteiger partial charge is 0.338 e. The molecule has 3 heterocycles. The number of ether oxygens (including phenoxy) is 5. The number of esters is 1. The van der Waals surface area contributed by atoms with E-state index in [9.17, 15) is 19.7 Å². The standard InChI is InChI=1S/C27H24BrN3O9S/c1-5-37-20-10-16(28)15(9-18(20)36-4)24-23(26(33)38-6-2)13(3)29-27-30(24)25(32)22(41-27)8-14-7-19-21(40-12-39-19)11-17(14)31(34)35/h7-11,24H,5-6,12H2,1-4H3/b22-8+/t24-/m1/s1. The Labute approximate surface area is 245 Å². The van der Waals surface area contributed by atoms with Gasteiger partial charge in [0, 0.05) is 4.47 Å². The molecule has 2 aliphatic heterocycles. The molecule has 0 aliphatic carbocycles. The lowest BCUT2D eigenvalue weighted by Crippen LogP contribution is -2.40. The van der Waals surface area contributed by atoms with Crippen LogP contribution >= 0.6 is 27.3 Å². The van der Waals surface area contributed by atoms with Gasteiger partial charge in [-0.2, -0.15) is 0 Å². The van der Waals surface area contributed by atoms with Crippen LogP contribution in [0.3, 0.4) is 0 Å². The summed E-state index contributed by atoms with van der Waals surface area (Å²) in [6, 6.07) is 5.18. The maximum absolute atomic E-state index is 14.0. The minimum atomic E-state index is -0.946. The summed E-state index contributed by atoms with van der Waals surface area (Å²) in [5.41, 5.74) is 0.483. The molecular weight excluding hydrogens is 622 g/mol. The molecule has 0 saturated heterocycles. The van der Waals surface area contributed by atoms with Crippen LogP contribution in [0.25, 0.3) is 6.08 Å². The van der Waals surface area contributed by atoms with Crippen LogP contribution in [-0.2, 0) is 9.53 Å². The van der Waals surface area contributed by atoms with E-state index in [2.05, 4.69) is 20.9 Å². The summed E-state index contributed by atoms with van der Waals surface area (Å²) in [6.45, 7) is 5.65. The molecule has 41 heavy (non-hydrogen) atoms. The van der Waals surface area contributed by atoms with Crippen LogP contribution in [0.4, 0.5) is 5.69 Å². The fourth-order valence-corrected chi connectivity index (χ4v) is 6.21. The number of fused-ring (bicyclic) bond motifs is 2. The SMILES string of the molecule is CCOC(=O)C1=C(C)N=c2s/c(=C/c3cc4c(cc3[N+](=O)[O-])OCO4)c(=O)n2[C@@H]1c1cc(OC)c(OCC)cc1Br. The summed E-state index contributed by atoms with van der Waals surface area (Å²) in [4.78, 5) is 43.4. The first-order valence-electron chi connectivity index (χ1n) is 12.5. The van der Waals surface area contributed by atoms with E-state index in [1.54, 1.807) is 26.0 Å². The van der Waals surface area contributed by atoms with Gasteiger partial charge in [0.25, 0.3) is 11.2 Å². The van der Waals surface area contributed by atoms with E-state index in [1.807, 2.05) is 6.92 Å². The molecule has 0 N–H and O–H groups in total. The van der Waals surface area contributed by atoms with E-state index in [4.69, 9.17) is 23.7 Å². The zero-order valence-corrected chi connectivity index (χ0v) is 24.8. The van der Waals surface area contributed by atoms with Crippen molar-refractivity contribution in [3.63, 3.8) is 0 Å². The van der Waals surface area contributed by atoms with E-state index in [-0.39, 0.29) is 40.5 Å². The zero-order valence-electron chi connectivity index (χ0n) is 22.4. The molecule has 1 aromatic heterocycles. The maximum Gasteiger partial charge on any atom is 0.338 e. The maximum atomic E-state index is 14.0. The highest BCUT2D eigenvalue weighted by Gasteiger charge is 2.35. The Morgan fingerprint density at radius 3 is 2.61 bits per heavy atom. The number of carbonyl (C=O) groups excluding carboxylic acids is 1. The van der Waals surface area contributed by atoms with E-state index in [1.165, 1.54) is 29.9 Å². The zero-order chi connectivity index (χ0) is 29.4. The van der Waals surface area contributed by atoms with Gasteiger partial charge >= 0.3 is 5.97 Å². The molecule has 0 saturated carbocycles. The van der Waals surface area contributed by atoms with Gasteiger partial charge in [0.05, 0.1) is 58.7 Å². The number of nitrogens with zero attached hydrogens (tertiary/aromatic N) is 3. The van der Waals surface area contributed by atoms with Crippen molar-refractivity contribution in [2.45, 2.75) is 26.8 Å². The number of aromatic nitrogens is 1. The Kier molecular flexibility index (Phi) is 7.87. The van der Waals surface area contributed by atoms with Crippen molar-refractivity contribution >= 4 is 45.0 Å². The second-order valence-electron chi connectivity index (χ2n) is 8.78. The molecular formula is C27H24BrN3O9S. The third-order valence-electron chi connectivity index (χ3n) is 6.40. The Balaban J connectivity index is 1.76. The number of allylic oxidation sites excluding steroid dienone is 1. The number of halogens is 1. The molecule has 0 spiro atoms. The molecule has 14 heteroatoms. The molecule has 0 unspecified atom stereocenters. The lowest BCUT2D eigenvalue weighted by molar-refractivity contribution is -0.385. The first-order valence-corrected chi connectivity index (χ1v) is 14.1. The normalized spacial score (nSPS) is 15.8. The number of nitro groups is 1. The summed E-state index contributed by atoms with van der Waals surface area (Å²) in [7, 11) is 1.49. The lowest BCUT2D eigenvalue weighted by Gasteiger charge is -2.26. The fraction of sp³-hybridized carbons (Fsp3) is 0.296. The highest BCUT2D eigenvalue weighted by atomic mass is 79.9. The Morgan fingerprint density at radius 2 is 1.95 bits per heavy atom. The van der Waals surface area contributed by atoms with E-state index < -0.39 is 22.5 Å². The predicted molar refractivity (Wildman–Crippen MR) is 151 cm³/mol. The third kappa shape index (κ3) is 5.08. The number of thiazole rings is 1. The first-order chi connectivity index (χ1) is 19.7. The minimum Gasteiger partial charge on any atom is -0.493 e. The summed E-state index contributed by atoms with van der Waals surface area (Å²) in [5.74, 6) is 0.837. The van der Waals surface area contributed by atoms with Crippen LogP contribution < -0.4 is 33.8 Å². The number of methoxy groups -OCH3 is 1. The van der Waals surface area contributed by atoms with Crippen molar-refractivity contribution in [2.75, 3.05) is 27.1 Å². The predicted octanol–water partition coefficient (Wildman–Crippen LogP) is 3.61. The number of benzene rings is 2. The first kappa shape index (κ1) is 28.4. The third-order valence-corrected chi connectivity index (χ3v) is 8.07. The van der Waals surface area contributed by atoms with Gasteiger partial charge < -0.3 is 23.7 Å². The molecule has 5 rings (SSSR count). The van der Waals surface area contributed by atoms with Gasteiger partial charge in [0.1, 0.15) is 0 Å². The van der Waals surface area contributed by atoms with Crippen molar-refractivity contribution in [1.29, 1.82) is 0 Å². The molecule has 12 nitrogen and oxygen atoms in total. The molecule has 0 radical (unpaired) electrons. The van der Waals surface area contributed by atoms with Gasteiger partial charge in [-0.05, 0) is 50.6 Å². The van der Waals surface area contributed by atoms with Crippen molar-refractivity contribution in [1.82, 2.24) is 4.57 Å². The van der Waals surface area contributed by atoms with Gasteiger partial charge in [-0.25, -0.2) is 9.79 Å². The largest absolute Gasteiger partial charge is 0.493 e. The van der Waals surface area contributed by atoms with Crippen molar-refractivity contribution in [3.8, 4) is 23.0 Å². The van der Waals surface area contributed by atoms with Gasteiger partial charge in [-0.1, -0.05) is 27.3 Å². The van der Waals surface area contributed by atoms with Crippen molar-refractivity contribution < 1.29 is 33.4 Å². The molecule has 214 valence electrons. The van der Waals surface area contributed by atoms with E-state index in [0.717, 1.165) is 11.3 Å². The van der Waals surface area contributed by atoms with Crippen LogP contribution in [0.15, 0.2) is 49.8 Å². The van der Waals surface area contributed by atoms with Crippen molar-refractivity contribution in [2.24, 2.45) is 4.99 Å². The molecule has 1 atom stereocenters. The van der Waals surface area contributed by atoms with E-state index >= 15 is 0 Å². The molecule has 0 amide bonds. The average Bonchev–Trinajstić information content (AvgIpc) is 3.51. The van der Waals surface area contributed by atoms with Gasteiger partial charge in [-0.15, -0.1) is 0 Å². The molecule has 2 aromatic carbocycles. The van der Waals surface area contributed by atoms with Crippen LogP contribution in [0.2, 0.25) is 0 Å². The summed E-state index contributed by atoms with van der Waals surface area (Å²) < 4.78 is 29.4. The number of rotatable bonds is 8. The number of hydrogen-bond donors (Lipinski definition) is 0. The second-order valence-corrected chi connectivity index (χ2v) is 10.6. The summed E-state index contributed by atoms with van der Waals surface area (Å²) in [6.07, 6.45) is 1.41. The number of nitro benzene ring substituents is 1. The Morgan fingerprint density at radius 1 is 1.22 bits per heavy atom. The van der Waals surface area contributed by atoms with Gasteiger partial charge in [0.2, 0.25) is 6.79 Å². The van der Waals surface area contributed by atoms with Crippen LogP contribution in [0, 0.1) is 10.1 Å². The highest BCUT2D eigenvalue weighted by Crippen LogP contribution is 2.41. The van der Waals surface area contributed by atoms with Crippen molar-refractivity contribution in [3.05, 3.63) is 80.9 Å². The van der Waals surface area contributed by atoms with Gasteiger partial charge in [-0.3, -0.25) is 19.5 Å². The summed E-state index contributed by atoms with van der Waals surface area (Å²) >= 11 is 4.62. The Bertz CT molecular complexity index is 1790. The number of hydrogen-bond acceptors (Lipinski definition) is 11. The molecule has 2 aliphatic rings. The van der Waals surface area contributed by atoms with Crippen LogP contribution in [0.5, 0.6) is 23.0 Å². The summed E-state index contributed by atoms with van der Waals surface area (Å²) in [5, 5.41) is 11.8. The van der Waals surface area contributed by atoms with Crippen LogP contribution in [0.1, 0.15) is 37.9 Å². The minimum absolute atomic E-state index is 0.0610. The molecule has 3 aromatic rings. The van der Waals surface area contributed by atoms with Gasteiger partial charge in [0.15, 0.2) is 27.8 Å². The lowest BCUT2D eigenvalue weighted by atomic mass is 9.95. The van der Waals surface area contributed by atoms with Crippen LogP contribution in [-0.4, -0.2) is 42.6 Å². The molecule has 0 fully saturated rings. The monoisotopic (exact) mass is 645 g/mol. The average molecular weight is 646 g/mol. The number of carbonyl (C=O) groups is 1. The van der Waals surface area contributed by atoms with E-state index in [0.29, 0.717) is 44.4 Å². The topological polar surface area (TPSA) is 141 Å². The quantitative estimate of drug-likeness (QED) is 0.204. The Hall–Kier alpha value is -4.17.